The third-order valence-corrected chi connectivity index (χ3v) is 7.52. The van der Waals surface area contributed by atoms with Crippen LogP contribution in [0.15, 0.2) is 9.72 Å². The van der Waals surface area contributed by atoms with Crippen LogP contribution in [0.3, 0.4) is 0 Å². The Labute approximate surface area is 129 Å². The van der Waals surface area contributed by atoms with Gasteiger partial charge >= 0.3 is 5.97 Å². The van der Waals surface area contributed by atoms with Crippen molar-refractivity contribution in [3.8, 4) is 0 Å². The lowest BCUT2D eigenvalue weighted by Gasteiger charge is -2.37. The van der Waals surface area contributed by atoms with Crippen molar-refractivity contribution in [1.29, 1.82) is 0 Å². The van der Waals surface area contributed by atoms with E-state index in [4.69, 9.17) is 0 Å². The van der Waals surface area contributed by atoms with E-state index >= 15 is 0 Å². The van der Waals surface area contributed by atoms with E-state index in [-0.39, 0.29) is 15.3 Å². The number of carbonyl (C=O) groups excluding carboxylic acids is 1. The zero-order valence-electron chi connectivity index (χ0n) is 12.5. The average molecular weight is 332 g/mol. The number of nitrogens with zero attached hydrogens (tertiary/aromatic N) is 2. The lowest BCUT2D eigenvalue weighted by molar-refractivity contribution is 0.0590. The summed E-state index contributed by atoms with van der Waals surface area (Å²) in [6.45, 7) is 5.27. The van der Waals surface area contributed by atoms with Gasteiger partial charge in [-0.05, 0) is 18.3 Å². The van der Waals surface area contributed by atoms with E-state index in [1.165, 1.54) is 16.9 Å². The quantitative estimate of drug-likeness (QED) is 0.790. The van der Waals surface area contributed by atoms with Gasteiger partial charge in [0.2, 0.25) is 0 Å². The van der Waals surface area contributed by atoms with Crippen LogP contribution in [-0.2, 0) is 14.8 Å². The SMILES string of the molecule is CCC1(C)CCN(S(=O)(=O)c2scnc2C(=O)OC)CC1. The van der Waals surface area contributed by atoms with Gasteiger partial charge in [-0.1, -0.05) is 20.3 Å². The number of hydrogen-bond acceptors (Lipinski definition) is 6. The fourth-order valence-corrected chi connectivity index (χ4v) is 5.10. The number of sulfonamides is 1. The minimum Gasteiger partial charge on any atom is -0.464 e. The number of piperidine rings is 1. The van der Waals surface area contributed by atoms with Crippen molar-refractivity contribution in [2.45, 2.75) is 37.3 Å². The molecule has 8 heteroatoms. The van der Waals surface area contributed by atoms with Crippen LogP contribution in [0.25, 0.3) is 0 Å². The average Bonchev–Trinajstić information content (AvgIpc) is 2.97. The van der Waals surface area contributed by atoms with E-state index in [9.17, 15) is 13.2 Å². The minimum absolute atomic E-state index is 0.0190. The summed E-state index contributed by atoms with van der Waals surface area (Å²) in [6, 6.07) is 0. The molecular formula is C13H20N2O4S2. The summed E-state index contributed by atoms with van der Waals surface area (Å²) >= 11 is 0.958. The van der Waals surface area contributed by atoms with Crippen molar-refractivity contribution in [3.05, 3.63) is 11.2 Å². The first-order valence-corrected chi connectivity index (χ1v) is 9.18. The second-order valence-corrected chi connectivity index (χ2v) is 8.54. The van der Waals surface area contributed by atoms with Gasteiger partial charge in [0.1, 0.15) is 0 Å². The highest BCUT2D eigenvalue weighted by Gasteiger charge is 2.37. The van der Waals surface area contributed by atoms with Crippen LogP contribution in [0.5, 0.6) is 0 Å². The number of rotatable bonds is 4. The molecule has 0 saturated carbocycles. The highest BCUT2D eigenvalue weighted by atomic mass is 32.2. The van der Waals surface area contributed by atoms with Gasteiger partial charge in [0.15, 0.2) is 9.90 Å². The fourth-order valence-electron chi connectivity index (χ4n) is 2.39. The predicted octanol–water partition coefficient (Wildman–Crippen LogP) is 2.13. The van der Waals surface area contributed by atoms with E-state index in [0.717, 1.165) is 30.6 Å². The molecule has 0 aliphatic carbocycles. The largest absolute Gasteiger partial charge is 0.464 e. The number of thiazole rings is 1. The van der Waals surface area contributed by atoms with Crippen molar-refractivity contribution in [3.63, 3.8) is 0 Å². The van der Waals surface area contributed by atoms with Gasteiger partial charge in [-0.15, -0.1) is 11.3 Å². The Balaban J connectivity index is 2.24. The zero-order chi connectivity index (χ0) is 15.7. The Morgan fingerprint density at radius 3 is 2.62 bits per heavy atom. The van der Waals surface area contributed by atoms with E-state index in [2.05, 4.69) is 23.6 Å². The second kappa shape index (κ2) is 6.02. The molecule has 0 atom stereocenters. The molecule has 0 N–H and O–H groups in total. The summed E-state index contributed by atoms with van der Waals surface area (Å²) in [5.41, 5.74) is 1.44. The van der Waals surface area contributed by atoms with Crippen molar-refractivity contribution in [1.82, 2.24) is 9.29 Å². The summed E-state index contributed by atoms with van der Waals surface area (Å²) in [5, 5.41) is 0. The summed E-state index contributed by atoms with van der Waals surface area (Å²) in [5.74, 6) is -0.717. The van der Waals surface area contributed by atoms with Crippen molar-refractivity contribution >= 4 is 27.3 Å². The molecule has 1 aromatic heterocycles. The molecule has 1 saturated heterocycles. The summed E-state index contributed by atoms with van der Waals surface area (Å²) < 4.78 is 31.4. The molecule has 0 radical (unpaired) electrons. The number of carbonyl (C=O) groups is 1. The molecule has 0 bridgehead atoms. The van der Waals surface area contributed by atoms with Crippen LogP contribution in [0.1, 0.15) is 43.6 Å². The minimum atomic E-state index is -3.67. The van der Waals surface area contributed by atoms with Crippen LogP contribution >= 0.6 is 11.3 Å². The summed E-state index contributed by atoms with van der Waals surface area (Å²) in [7, 11) is -2.46. The third kappa shape index (κ3) is 3.12. The molecule has 0 unspecified atom stereocenters. The number of aromatic nitrogens is 1. The molecule has 1 aliphatic rings. The van der Waals surface area contributed by atoms with Crippen molar-refractivity contribution in [2.75, 3.05) is 20.2 Å². The normalized spacial score (nSPS) is 19.4. The fraction of sp³-hybridized carbons (Fsp3) is 0.692. The molecule has 118 valence electrons. The maximum Gasteiger partial charge on any atom is 0.358 e. The first-order chi connectivity index (χ1) is 9.84. The van der Waals surface area contributed by atoms with Crippen molar-refractivity contribution < 1.29 is 17.9 Å². The standard InChI is InChI=1S/C13H20N2O4S2/c1-4-13(2)5-7-15(8-6-13)21(17,18)12-10(11(16)19-3)14-9-20-12/h9H,4-8H2,1-3H3. The number of ether oxygens (including phenoxy) is 1. The Bertz CT molecular complexity index is 616. The van der Waals surface area contributed by atoms with Crippen LogP contribution in [-0.4, -0.2) is 43.9 Å². The van der Waals surface area contributed by atoms with Gasteiger partial charge in [-0.3, -0.25) is 0 Å². The van der Waals surface area contributed by atoms with E-state index in [1.54, 1.807) is 0 Å². The molecule has 1 aliphatic heterocycles. The van der Waals surface area contributed by atoms with E-state index < -0.39 is 16.0 Å². The highest BCUT2D eigenvalue weighted by Crippen LogP contribution is 2.36. The molecule has 21 heavy (non-hydrogen) atoms. The monoisotopic (exact) mass is 332 g/mol. The number of esters is 1. The van der Waals surface area contributed by atoms with Gasteiger partial charge < -0.3 is 4.74 Å². The topological polar surface area (TPSA) is 76.6 Å². The molecule has 0 spiro atoms. The first-order valence-electron chi connectivity index (χ1n) is 6.86. The number of methoxy groups -OCH3 is 1. The molecule has 1 aromatic rings. The Kier molecular flexibility index (Phi) is 4.69. The van der Waals surface area contributed by atoms with Crippen LogP contribution in [0.2, 0.25) is 0 Å². The lowest BCUT2D eigenvalue weighted by Crippen LogP contribution is -2.42. The maximum atomic E-state index is 12.7. The summed E-state index contributed by atoms with van der Waals surface area (Å²) in [4.78, 5) is 15.4. The van der Waals surface area contributed by atoms with Gasteiger partial charge in [-0.25, -0.2) is 18.2 Å². The molecule has 2 rings (SSSR count). The maximum absolute atomic E-state index is 12.7. The third-order valence-electron chi connectivity index (χ3n) is 4.27. The smallest absolute Gasteiger partial charge is 0.358 e. The van der Waals surface area contributed by atoms with Crippen LogP contribution < -0.4 is 0 Å². The lowest BCUT2D eigenvalue weighted by atomic mass is 9.79. The van der Waals surface area contributed by atoms with Crippen LogP contribution in [0, 0.1) is 5.41 Å². The highest BCUT2D eigenvalue weighted by molar-refractivity contribution is 7.91. The van der Waals surface area contributed by atoms with Gasteiger partial charge in [0.05, 0.1) is 12.6 Å². The Morgan fingerprint density at radius 1 is 1.48 bits per heavy atom. The Hall–Kier alpha value is -0.990. The van der Waals surface area contributed by atoms with Gasteiger partial charge in [0.25, 0.3) is 10.0 Å². The molecular weight excluding hydrogens is 312 g/mol. The van der Waals surface area contributed by atoms with Gasteiger partial charge in [0, 0.05) is 13.1 Å². The Morgan fingerprint density at radius 2 is 2.10 bits per heavy atom. The summed E-state index contributed by atoms with van der Waals surface area (Å²) in [6.07, 6.45) is 2.69. The number of hydrogen-bond donors (Lipinski definition) is 0. The second-order valence-electron chi connectivity index (χ2n) is 5.55. The van der Waals surface area contributed by atoms with Gasteiger partial charge in [-0.2, -0.15) is 4.31 Å². The molecule has 1 fully saturated rings. The molecule has 2 heterocycles. The molecule has 6 nitrogen and oxygen atoms in total. The molecule has 0 aromatic carbocycles. The van der Waals surface area contributed by atoms with Crippen molar-refractivity contribution in [2.24, 2.45) is 5.41 Å². The molecule has 0 amide bonds. The zero-order valence-corrected chi connectivity index (χ0v) is 14.1. The predicted molar refractivity (Wildman–Crippen MR) is 79.8 cm³/mol. The van der Waals surface area contributed by atoms with E-state index in [0.29, 0.717) is 13.1 Å². The first kappa shape index (κ1) is 16.4. The van der Waals surface area contributed by atoms with E-state index in [1.807, 2.05) is 0 Å². The van der Waals surface area contributed by atoms with Crippen LogP contribution in [0.4, 0.5) is 0 Å².